The monoisotopic (exact) mass is 500 g/mol. The zero-order valence-corrected chi connectivity index (χ0v) is 18.7. The van der Waals surface area contributed by atoms with Gasteiger partial charge in [-0.3, -0.25) is 19.1 Å². The van der Waals surface area contributed by atoms with Crippen LogP contribution in [-0.4, -0.2) is 56.1 Å². The number of hydrogen-bond acceptors (Lipinski definition) is 8. The quantitative estimate of drug-likeness (QED) is 0.155. The van der Waals surface area contributed by atoms with Crippen LogP contribution in [0.1, 0.15) is 16.1 Å². The van der Waals surface area contributed by atoms with Crippen molar-refractivity contribution in [2.75, 3.05) is 18.4 Å². The Morgan fingerprint density at radius 2 is 2.06 bits per heavy atom. The van der Waals surface area contributed by atoms with Crippen LogP contribution >= 0.6 is 11.6 Å². The predicted octanol–water partition coefficient (Wildman–Crippen LogP) is 2.60. The van der Waals surface area contributed by atoms with Gasteiger partial charge in [0.1, 0.15) is 12.4 Å². The molecule has 14 heteroatoms. The number of halogens is 2. The van der Waals surface area contributed by atoms with Crippen molar-refractivity contribution in [2.45, 2.75) is 6.67 Å². The second-order valence-corrected chi connectivity index (χ2v) is 7.40. The van der Waals surface area contributed by atoms with E-state index in [4.69, 9.17) is 11.6 Å². The Morgan fingerprint density at radius 3 is 2.83 bits per heavy atom. The van der Waals surface area contributed by atoms with Crippen LogP contribution in [0, 0.1) is 0 Å². The lowest BCUT2D eigenvalue weighted by atomic mass is 10.2. The van der Waals surface area contributed by atoms with E-state index in [0.717, 1.165) is 0 Å². The lowest BCUT2D eigenvalue weighted by molar-refractivity contribution is -0.123. The molecule has 4 aromatic rings. The molecular weight excluding hydrogens is 483 g/mol. The Balaban J connectivity index is 1.46. The van der Waals surface area contributed by atoms with Crippen LogP contribution in [0.15, 0.2) is 43.0 Å². The first kappa shape index (κ1) is 23.6. The van der Waals surface area contributed by atoms with Crippen molar-refractivity contribution in [3.63, 3.8) is 0 Å². The van der Waals surface area contributed by atoms with Crippen molar-refractivity contribution in [1.29, 1.82) is 0 Å². The molecule has 3 aromatic heterocycles. The Morgan fingerprint density at radius 1 is 1.23 bits per heavy atom. The molecule has 0 radical (unpaired) electrons. The van der Waals surface area contributed by atoms with E-state index < -0.39 is 18.7 Å². The summed E-state index contributed by atoms with van der Waals surface area (Å²) >= 11 is 6.30. The first-order chi connectivity index (χ1) is 17.0. The van der Waals surface area contributed by atoms with Gasteiger partial charge in [-0.15, -0.1) is 0 Å². The van der Waals surface area contributed by atoms with Crippen molar-refractivity contribution >= 4 is 47.2 Å². The molecular formula is C21H18ClFN8O4. The Hall–Kier alpha value is -4.52. The molecule has 4 N–H and O–H groups in total. The maximum atomic E-state index is 13.2. The molecule has 0 unspecified atom stereocenters. The number of fused-ring (bicyclic) bond motifs is 1. The van der Waals surface area contributed by atoms with Crippen LogP contribution < -0.4 is 16.0 Å². The molecule has 12 nitrogen and oxygen atoms in total. The fourth-order valence-electron chi connectivity index (χ4n) is 3.28. The second-order valence-electron chi connectivity index (χ2n) is 7.00. The zero-order valence-electron chi connectivity index (χ0n) is 17.9. The molecule has 2 amide bonds. The number of alkyl carbamates (subject to hydrolysis) is 1. The highest BCUT2D eigenvalue weighted by atomic mass is 35.5. The largest absolute Gasteiger partial charge is 0.414 e. The average molecular weight is 501 g/mol. The summed E-state index contributed by atoms with van der Waals surface area (Å²) in [4.78, 5) is 42.2. The van der Waals surface area contributed by atoms with Crippen molar-refractivity contribution in [3.05, 3.63) is 59.3 Å². The van der Waals surface area contributed by atoms with E-state index in [0.29, 0.717) is 28.4 Å². The maximum Gasteiger partial charge on any atom is 0.414 e. The number of alkyl halides is 1. The number of aromatic amines is 1. The molecule has 0 saturated carbocycles. The molecule has 35 heavy (non-hydrogen) atoms. The fourth-order valence-corrected chi connectivity index (χ4v) is 3.55. The number of imidazole rings is 1. The molecule has 0 aliphatic rings. The minimum atomic E-state index is -0.913. The van der Waals surface area contributed by atoms with Gasteiger partial charge in [-0.1, -0.05) is 11.6 Å². The second kappa shape index (κ2) is 10.6. The molecule has 1 aromatic carbocycles. The summed E-state index contributed by atoms with van der Waals surface area (Å²) in [7, 11) is 0. The highest BCUT2D eigenvalue weighted by Gasteiger charge is 2.16. The molecule has 0 aliphatic carbocycles. The standard InChI is InChI=1S/C21H18ClFN8O4/c22-15-7-12(1-2-13(15)20(33)25-3-4-26-21(34)35-11-32)29-18-19-27-10-17(31(19)6-5-24-18)14-9-28-30-16(14)8-23/h1-2,5-7,9-11H,3-4,8H2,(H,24,29)(H,25,33)(H,26,34)(H,28,30). The van der Waals surface area contributed by atoms with Gasteiger partial charge in [0.25, 0.3) is 5.91 Å². The van der Waals surface area contributed by atoms with Gasteiger partial charge < -0.3 is 20.7 Å². The van der Waals surface area contributed by atoms with Crippen LogP contribution in [0.2, 0.25) is 5.02 Å². The van der Waals surface area contributed by atoms with Gasteiger partial charge in [-0.05, 0) is 18.2 Å². The number of ether oxygens (including phenoxy) is 1. The first-order valence-electron chi connectivity index (χ1n) is 10.2. The van der Waals surface area contributed by atoms with Crippen molar-refractivity contribution < 1.29 is 23.5 Å². The fraction of sp³-hybridized carbons (Fsp3) is 0.143. The van der Waals surface area contributed by atoms with Crippen LogP contribution in [0.3, 0.4) is 0 Å². The average Bonchev–Trinajstić information content (AvgIpc) is 3.49. The van der Waals surface area contributed by atoms with E-state index in [9.17, 15) is 18.8 Å². The van der Waals surface area contributed by atoms with E-state index >= 15 is 0 Å². The van der Waals surface area contributed by atoms with E-state index in [2.05, 4.69) is 40.9 Å². The van der Waals surface area contributed by atoms with Crippen molar-refractivity contribution in [3.8, 4) is 11.3 Å². The van der Waals surface area contributed by atoms with Gasteiger partial charge in [0.05, 0.1) is 22.5 Å². The number of carbonyl (C=O) groups is 3. The summed E-state index contributed by atoms with van der Waals surface area (Å²) in [5, 5.41) is 14.7. The Labute approximate surface area is 201 Å². The normalized spacial score (nSPS) is 10.7. The van der Waals surface area contributed by atoms with E-state index in [1.54, 1.807) is 41.3 Å². The minimum Gasteiger partial charge on any atom is -0.379 e. The molecule has 4 rings (SSSR count). The smallest absolute Gasteiger partial charge is 0.379 e. The summed E-state index contributed by atoms with van der Waals surface area (Å²) in [6.45, 7) is -0.558. The third-order valence-electron chi connectivity index (χ3n) is 4.86. The molecule has 180 valence electrons. The van der Waals surface area contributed by atoms with Gasteiger partial charge in [0.15, 0.2) is 11.5 Å². The Bertz CT molecular complexity index is 1390. The summed E-state index contributed by atoms with van der Waals surface area (Å²) in [6.07, 6.45) is 5.55. The van der Waals surface area contributed by atoms with Gasteiger partial charge in [0, 0.05) is 42.9 Å². The minimum absolute atomic E-state index is 0.00664. The predicted molar refractivity (Wildman–Crippen MR) is 123 cm³/mol. The molecule has 0 spiro atoms. The maximum absolute atomic E-state index is 13.2. The number of anilines is 2. The van der Waals surface area contributed by atoms with Crippen LogP contribution in [0.5, 0.6) is 0 Å². The van der Waals surface area contributed by atoms with E-state index in [-0.39, 0.29) is 35.8 Å². The van der Waals surface area contributed by atoms with Crippen LogP contribution in [0.4, 0.5) is 20.7 Å². The molecule has 3 heterocycles. The number of H-pyrrole nitrogens is 1. The summed E-state index contributed by atoms with van der Waals surface area (Å²) in [5.74, 6) is -0.0281. The highest BCUT2D eigenvalue weighted by Crippen LogP contribution is 2.28. The summed E-state index contributed by atoms with van der Waals surface area (Å²) in [6, 6.07) is 4.74. The lowest BCUT2D eigenvalue weighted by Gasteiger charge is -2.11. The number of hydrogen-bond donors (Lipinski definition) is 4. The van der Waals surface area contributed by atoms with Crippen LogP contribution in [-0.2, 0) is 16.2 Å². The number of amides is 2. The number of nitrogens with zero attached hydrogens (tertiary/aromatic N) is 4. The molecule has 0 atom stereocenters. The van der Waals surface area contributed by atoms with E-state index in [1.165, 1.54) is 6.07 Å². The SMILES string of the molecule is O=COC(=O)NCCNC(=O)c1ccc(Nc2nccn3c(-c4c[nH]nc4CF)cnc23)cc1Cl. The summed E-state index contributed by atoms with van der Waals surface area (Å²) in [5.41, 5.74) is 2.78. The van der Waals surface area contributed by atoms with E-state index in [1.807, 2.05) is 0 Å². The summed E-state index contributed by atoms with van der Waals surface area (Å²) < 4.78 is 19.1. The highest BCUT2D eigenvalue weighted by molar-refractivity contribution is 6.34. The third kappa shape index (κ3) is 5.19. The van der Waals surface area contributed by atoms with Gasteiger partial charge >= 0.3 is 12.6 Å². The molecule has 0 fully saturated rings. The number of benzene rings is 1. The zero-order chi connectivity index (χ0) is 24.8. The third-order valence-corrected chi connectivity index (χ3v) is 5.17. The number of carbonyl (C=O) groups excluding carboxylic acids is 3. The molecule has 0 bridgehead atoms. The van der Waals surface area contributed by atoms with Crippen LogP contribution in [0.25, 0.3) is 16.9 Å². The van der Waals surface area contributed by atoms with Gasteiger partial charge in [-0.25, -0.2) is 19.2 Å². The number of nitrogens with one attached hydrogen (secondary N) is 4. The molecule has 0 aliphatic heterocycles. The van der Waals surface area contributed by atoms with Gasteiger partial charge in [-0.2, -0.15) is 5.10 Å². The Kier molecular flexibility index (Phi) is 7.16. The number of rotatable bonds is 9. The van der Waals surface area contributed by atoms with Gasteiger partial charge in [0.2, 0.25) is 0 Å². The first-order valence-corrected chi connectivity index (χ1v) is 10.5. The van der Waals surface area contributed by atoms with Crippen molar-refractivity contribution in [2.24, 2.45) is 0 Å². The molecule has 0 saturated heterocycles. The number of aromatic nitrogens is 5. The topological polar surface area (TPSA) is 155 Å². The van der Waals surface area contributed by atoms with Crippen molar-refractivity contribution in [1.82, 2.24) is 35.2 Å². The lowest BCUT2D eigenvalue weighted by Crippen LogP contribution is -2.34.